The van der Waals surface area contributed by atoms with Gasteiger partial charge < -0.3 is 14.8 Å². The molecule has 0 saturated carbocycles. The molecule has 30 heavy (non-hydrogen) atoms. The van der Waals surface area contributed by atoms with Gasteiger partial charge in [-0.2, -0.15) is 0 Å². The minimum atomic E-state index is -0.952. The number of hydrogen-bond acceptors (Lipinski definition) is 4. The van der Waals surface area contributed by atoms with Crippen molar-refractivity contribution in [1.82, 2.24) is 9.55 Å². The second-order valence-electron chi connectivity index (χ2n) is 7.38. The van der Waals surface area contributed by atoms with Crippen molar-refractivity contribution in [2.45, 2.75) is 45.6 Å². The van der Waals surface area contributed by atoms with Crippen molar-refractivity contribution in [3.63, 3.8) is 0 Å². The van der Waals surface area contributed by atoms with E-state index in [4.69, 9.17) is 5.11 Å². The maximum absolute atomic E-state index is 11.9. The third-order valence-corrected chi connectivity index (χ3v) is 6.05. The highest BCUT2D eigenvalue weighted by Crippen LogP contribution is 2.21. The number of carboxylic acid groups (broad SMARTS) is 2. The van der Waals surface area contributed by atoms with Crippen LogP contribution in [0.1, 0.15) is 52.1 Å². The molecule has 2 N–H and O–H groups in total. The second kappa shape index (κ2) is 10.2. The number of carboxylic acids is 2. The summed E-state index contributed by atoms with van der Waals surface area (Å²) in [5, 5.41) is 20.8. The highest BCUT2D eigenvalue weighted by atomic mass is 32.1. The number of aromatic carboxylic acids is 1. The Morgan fingerprint density at radius 1 is 1.13 bits per heavy atom. The molecule has 1 aromatic carbocycles. The number of aliphatic carboxylic acids is 1. The Bertz CT molecular complexity index is 977. The lowest BCUT2D eigenvalue weighted by Crippen LogP contribution is -2.21. The van der Waals surface area contributed by atoms with Gasteiger partial charge in [0.1, 0.15) is 5.82 Å². The van der Waals surface area contributed by atoms with Crippen LogP contribution in [-0.4, -0.2) is 31.7 Å². The number of unbranched alkanes of at least 4 members (excludes halogenated alkanes) is 1. The van der Waals surface area contributed by atoms with E-state index in [-0.39, 0.29) is 5.56 Å². The van der Waals surface area contributed by atoms with Crippen LogP contribution in [0.25, 0.3) is 0 Å². The van der Waals surface area contributed by atoms with E-state index in [1.807, 2.05) is 17.5 Å². The molecule has 7 heteroatoms. The number of rotatable bonds is 11. The van der Waals surface area contributed by atoms with Crippen LogP contribution >= 0.6 is 11.3 Å². The smallest absolute Gasteiger partial charge is 0.335 e. The topological polar surface area (TPSA) is 92.4 Å². The molecular weight excluding hydrogens is 400 g/mol. The van der Waals surface area contributed by atoms with Gasteiger partial charge in [-0.3, -0.25) is 4.79 Å². The molecule has 0 radical (unpaired) electrons. The van der Waals surface area contributed by atoms with E-state index in [0.29, 0.717) is 19.4 Å². The molecule has 158 valence electrons. The second-order valence-corrected chi connectivity index (χ2v) is 8.41. The van der Waals surface area contributed by atoms with Gasteiger partial charge in [0.15, 0.2) is 0 Å². The number of nitrogens with zero attached hydrogens (tertiary/aromatic N) is 2. The van der Waals surface area contributed by atoms with E-state index >= 15 is 0 Å². The quantitative estimate of drug-likeness (QED) is 0.470. The zero-order chi connectivity index (χ0) is 21.5. The number of thiophene rings is 1. The van der Waals surface area contributed by atoms with Crippen LogP contribution in [0, 0.1) is 5.92 Å². The van der Waals surface area contributed by atoms with Gasteiger partial charge in [-0.05, 0) is 42.0 Å². The van der Waals surface area contributed by atoms with Crippen molar-refractivity contribution in [2.24, 2.45) is 5.92 Å². The average Bonchev–Trinajstić information content (AvgIpc) is 3.37. The van der Waals surface area contributed by atoms with E-state index in [0.717, 1.165) is 41.2 Å². The van der Waals surface area contributed by atoms with E-state index in [1.165, 1.54) is 0 Å². The number of aromatic nitrogens is 2. The molecule has 6 nitrogen and oxygen atoms in total. The highest BCUT2D eigenvalue weighted by molar-refractivity contribution is 7.09. The lowest BCUT2D eigenvalue weighted by Gasteiger charge is -2.16. The summed E-state index contributed by atoms with van der Waals surface area (Å²) >= 11 is 1.57. The predicted molar refractivity (Wildman–Crippen MR) is 116 cm³/mol. The van der Waals surface area contributed by atoms with Crippen LogP contribution in [0.4, 0.5) is 0 Å². The Morgan fingerprint density at radius 2 is 1.90 bits per heavy atom. The maximum Gasteiger partial charge on any atom is 0.335 e. The molecule has 0 bridgehead atoms. The molecule has 0 aliphatic heterocycles. The number of imidazole rings is 1. The van der Waals surface area contributed by atoms with Gasteiger partial charge in [-0.25, -0.2) is 9.78 Å². The minimum absolute atomic E-state index is 0.248. The SMILES string of the molecule is CCCCc1ncc(CC(Cc2cccs2)C(=O)O)n1Cc1ccc(C(=O)O)cc1. The van der Waals surface area contributed by atoms with Gasteiger partial charge in [-0.15, -0.1) is 11.3 Å². The Kier molecular flexibility index (Phi) is 7.41. The van der Waals surface area contributed by atoms with E-state index in [1.54, 1.807) is 41.8 Å². The third kappa shape index (κ3) is 5.57. The van der Waals surface area contributed by atoms with E-state index in [2.05, 4.69) is 16.5 Å². The molecule has 0 amide bonds. The molecule has 2 heterocycles. The Morgan fingerprint density at radius 3 is 2.50 bits per heavy atom. The van der Waals surface area contributed by atoms with Gasteiger partial charge in [0.2, 0.25) is 0 Å². The van der Waals surface area contributed by atoms with Crippen molar-refractivity contribution in [3.8, 4) is 0 Å². The van der Waals surface area contributed by atoms with Crippen LogP contribution in [0.15, 0.2) is 48.0 Å². The van der Waals surface area contributed by atoms with Gasteiger partial charge in [-0.1, -0.05) is 31.5 Å². The van der Waals surface area contributed by atoms with Crippen molar-refractivity contribution in [2.75, 3.05) is 0 Å². The zero-order valence-corrected chi connectivity index (χ0v) is 17.8. The molecule has 2 aromatic heterocycles. The van der Waals surface area contributed by atoms with Crippen LogP contribution in [-0.2, 0) is 30.6 Å². The van der Waals surface area contributed by atoms with Gasteiger partial charge in [0.05, 0.1) is 11.5 Å². The molecule has 0 aliphatic carbocycles. The normalized spacial score (nSPS) is 12.0. The summed E-state index contributed by atoms with van der Waals surface area (Å²) in [6, 6.07) is 10.7. The van der Waals surface area contributed by atoms with E-state index < -0.39 is 17.9 Å². The summed E-state index contributed by atoms with van der Waals surface area (Å²) in [5.74, 6) is -1.34. The average molecular weight is 427 g/mol. The van der Waals surface area contributed by atoms with Crippen molar-refractivity contribution < 1.29 is 19.8 Å². The highest BCUT2D eigenvalue weighted by Gasteiger charge is 2.22. The van der Waals surface area contributed by atoms with Crippen LogP contribution < -0.4 is 0 Å². The molecular formula is C23H26N2O4S. The van der Waals surface area contributed by atoms with Crippen molar-refractivity contribution in [1.29, 1.82) is 0 Å². The van der Waals surface area contributed by atoms with E-state index in [9.17, 15) is 14.7 Å². The monoisotopic (exact) mass is 426 g/mol. The Labute approximate surface area is 179 Å². The van der Waals surface area contributed by atoms with Crippen LogP contribution in [0.3, 0.4) is 0 Å². The number of carbonyl (C=O) groups is 2. The molecule has 3 aromatic rings. The fourth-order valence-corrected chi connectivity index (χ4v) is 4.24. The Balaban J connectivity index is 1.85. The summed E-state index contributed by atoms with van der Waals surface area (Å²) in [7, 11) is 0. The first-order chi connectivity index (χ1) is 14.5. The summed E-state index contributed by atoms with van der Waals surface area (Å²) in [6.07, 6.45) is 5.57. The molecule has 0 fully saturated rings. The maximum atomic E-state index is 11.9. The fourth-order valence-electron chi connectivity index (χ4n) is 3.45. The van der Waals surface area contributed by atoms with Crippen LogP contribution in [0.2, 0.25) is 0 Å². The molecule has 0 saturated heterocycles. The lowest BCUT2D eigenvalue weighted by molar-refractivity contribution is -0.141. The minimum Gasteiger partial charge on any atom is -0.481 e. The Hall–Kier alpha value is -2.93. The first-order valence-corrected chi connectivity index (χ1v) is 11.0. The first-order valence-electron chi connectivity index (χ1n) is 10.1. The summed E-state index contributed by atoms with van der Waals surface area (Å²) < 4.78 is 2.09. The summed E-state index contributed by atoms with van der Waals surface area (Å²) in [6.45, 7) is 2.67. The molecule has 1 atom stereocenters. The summed E-state index contributed by atoms with van der Waals surface area (Å²) in [4.78, 5) is 28.6. The predicted octanol–water partition coefficient (Wildman–Crippen LogP) is 4.52. The standard InChI is InChI=1S/C23H26N2O4S/c1-2-3-6-21-24-14-19(12-18(23(28)29)13-20-5-4-11-30-20)25(21)15-16-7-9-17(10-8-16)22(26)27/h4-5,7-11,14,18H,2-3,6,12-13,15H2,1H3,(H,26,27)(H,28,29). The number of aryl methyl sites for hydroxylation is 1. The molecule has 3 rings (SSSR count). The first kappa shape index (κ1) is 21.8. The molecule has 0 aliphatic rings. The fraction of sp³-hybridized carbons (Fsp3) is 0.348. The lowest BCUT2D eigenvalue weighted by atomic mass is 9.98. The zero-order valence-electron chi connectivity index (χ0n) is 17.0. The molecule has 1 unspecified atom stereocenters. The van der Waals surface area contributed by atoms with Crippen molar-refractivity contribution in [3.05, 3.63) is 75.5 Å². The van der Waals surface area contributed by atoms with Gasteiger partial charge in [0.25, 0.3) is 0 Å². The largest absolute Gasteiger partial charge is 0.481 e. The number of hydrogen-bond donors (Lipinski definition) is 2. The molecule has 0 spiro atoms. The summed E-state index contributed by atoms with van der Waals surface area (Å²) in [5.41, 5.74) is 2.10. The van der Waals surface area contributed by atoms with Gasteiger partial charge in [0, 0.05) is 36.2 Å². The van der Waals surface area contributed by atoms with Gasteiger partial charge >= 0.3 is 11.9 Å². The number of benzene rings is 1. The third-order valence-electron chi connectivity index (χ3n) is 5.15. The van der Waals surface area contributed by atoms with Crippen LogP contribution in [0.5, 0.6) is 0 Å². The van der Waals surface area contributed by atoms with Crippen molar-refractivity contribution >= 4 is 23.3 Å².